The second-order valence-corrected chi connectivity index (χ2v) is 3.66. The highest BCUT2D eigenvalue weighted by Crippen LogP contribution is 2.35. The lowest BCUT2D eigenvalue weighted by atomic mass is 10.0. The Bertz CT molecular complexity index is 314. The van der Waals surface area contributed by atoms with Gasteiger partial charge in [0.05, 0.1) is 5.69 Å². The molecular formula is C9H12F3NO. The number of rotatable bonds is 2. The van der Waals surface area contributed by atoms with Gasteiger partial charge in [0.1, 0.15) is 11.3 Å². The Hall–Kier alpha value is -1.00. The maximum atomic E-state index is 12.5. The Balaban J connectivity index is 3.07. The topological polar surface area (TPSA) is 26.0 Å². The fraction of sp³-hybridized carbons (Fsp3) is 0.667. The van der Waals surface area contributed by atoms with Crippen molar-refractivity contribution in [1.82, 2.24) is 5.16 Å². The quantitative estimate of drug-likeness (QED) is 0.744. The van der Waals surface area contributed by atoms with Crippen molar-refractivity contribution in [3.05, 3.63) is 17.0 Å². The Morgan fingerprint density at radius 3 is 2.36 bits per heavy atom. The summed E-state index contributed by atoms with van der Waals surface area (Å²) in [6.45, 7) is 4.96. The van der Waals surface area contributed by atoms with Crippen LogP contribution < -0.4 is 0 Å². The van der Waals surface area contributed by atoms with Gasteiger partial charge >= 0.3 is 6.18 Å². The normalized spacial score (nSPS) is 12.5. The van der Waals surface area contributed by atoms with Crippen LogP contribution in [0.15, 0.2) is 4.52 Å². The number of hydrogen-bond acceptors (Lipinski definition) is 2. The third-order valence-corrected chi connectivity index (χ3v) is 1.81. The van der Waals surface area contributed by atoms with E-state index in [-0.39, 0.29) is 23.8 Å². The van der Waals surface area contributed by atoms with Crippen LogP contribution in [-0.4, -0.2) is 5.16 Å². The first-order valence-electron chi connectivity index (χ1n) is 4.34. The van der Waals surface area contributed by atoms with Crippen molar-refractivity contribution in [2.75, 3.05) is 0 Å². The summed E-state index contributed by atoms with van der Waals surface area (Å²) in [4.78, 5) is 0. The minimum atomic E-state index is -4.37. The largest absolute Gasteiger partial charge is 0.421 e. The molecule has 0 aliphatic rings. The van der Waals surface area contributed by atoms with Gasteiger partial charge in [0.15, 0.2) is 0 Å². The summed E-state index contributed by atoms with van der Waals surface area (Å²) < 4.78 is 42.1. The molecule has 0 amide bonds. The average molecular weight is 207 g/mol. The molecule has 0 saturated carbocycles. The van der Waals surface area contributed by atoms with Gasteiger partial charge in [-0.05, 0) is 12.8 Å². The molecule has 0 saturated heterocycles. The van der Waals surface area contributed by atoms with E-state index in [4.69, 9.17) is 0 Å². The zero-order valence-electron chi connectivity index (χ0n) is 8.27. The van der Waals surface area contributed by atoms with Crippen LogP contribution in [-0.2, 0) is 12.6 Å². The predicted molar refractivity (Wildman–Crippen MR) is 44.8 cm³/mol. The van der Waals surface area contributed by atoms with Crippen molar-refractivity contribution in [3.63, 3.8) is 0 Å². The summed E-state index contributed by atoms with van der Waals surface area (Å²) >= 11 is 0. The highest BCUT2D eigenvalue weighted by Gasteiger charge is 2.38. The molecule has 2 nitrogen and oxygen atoms in total. The molecule has 0 spiro atoms. The number of aromatic nitrogens is 1. The van der Waals surface area contributed by atoms with E-state index in [1.54, 1.807) is 0 Å². The first-order valence-corrected chi connectivity index (χ1v) is 4.34. The van der Waals surface area contributed by atoms with Gasteiger partial charge in [0, 0.05) is 6.42 Å². The number of aryl methyl sites for hydroxylation is 1. The van der Waals surface area contributed by atoms with Crippen molar-refractivity contribution < 1.29 is 17.7 Å². The summed E-state index contributed by atoms with van der Waals surface area (Å²) in [5.74, 6) is 0.0495. The third-order valence-electron chi connectivity index (χ3n) is 1.81. The molecular weight excluding hydrogens is 195 g/mol. The minimum absolute atomic E-state index is 0.0648. The Morgan fingerprint density at radius 2 is 1.93 bits per heavy atom. The van der Waals surface area contributed by atoms with Crippen LogP contribution in [0, 0.1) is 12.8 Å². The van der Waals surface area contributed by atoms with Crippen molar-refractivity contribution in [2.24, 2.45) is 5.92 Å². The van der Waals surface area contributed by atoms with E-state index in [1.807, 2.05) is 13.8 Å². The van der Waals surface area contributed by atoms with Crippen LogP contribution >= 0.6 is 0 Å². The molecule has 0 bridgehead atoms. The molecule has 5 heteroatoms. The van der Waals surface area contributed by atoms with Crippen LogP contribution in [0.3, 0.4) is 0 Å². The van der Waals surface area contributed by atoms with E-state index in [2.05, 4.69) is 9.68 Å². The van der Waals surface area contributed by atoms with Gasteiger partial charge in [-0.25, -0.2) is 0 Å². The molecule has 0 fully saturated rings. The maximum absolute atomic E-state index is 12.5. The van der Waals surface area contributed by atoms with Gasteiger partial charge in [-0.3, -0.25) is 0 Å². The minimum Gasteiger partial charge on any atom is -0.360 e. The zero-order valence-corrected chi connectivity index (χ0v) is 8.27. The van der Waals surface area contributed by atoms with E-state index in [9.17, 15) is 13.2 Å². The lowest BCUT2D eigenvalue weighted by molar-refractivity contribution is -0.139. The van der Waals surface area contributed by atoms with Gasteiger partial charge in [0.2, 0.25) is 0 Å². The van der Waals surface area contributed by atoms with E-state index < -0.39 is 11.7 Å². The molecule has 0 aromatic carbocycles. The number of hydrogen-bond donors (Lipinski definition) is 0. The summed E-state index contributed by atoms with van der Waals surface area (Å²) in [6, 6.07) is 0. The van der Waals surface area contributed by atoms with Crippen LogP contribution in [0.1, 0.15) is 30.9 Å². The SMILES string of the molecule is Cc1noc(CC(C)C)c1C(F)(F)F. The molecule has 0 aliphatic heterocycles. The van der Waals surface area contributed by atoms with Crippen molar-refractivity contribution in [1.29, 1.82) is 0 Å². The second kappa shape index (κ2) is 3.63. The molecule has 1 aromatic heterocycles. The lowest BCUT2D eigenvalue weighted by Gasteiger charge is -2.07. The fourth-order valence-corrected chi connectivity index (χ4v) is 1.29. The van der Waals surface area contributed by atoms with Crippen molar-refractivity contribution >= 4 is 0 Å². The van der Waals surface area contributed by atoms with Gasteiger partial charge < -0.3 is 4.52 Å². The van der Waals surface area contributed by atoms with E-state index in [0.29, 0.717) is 0 Å². The number of nitrogens with zero attached hydrogens (tertiary/aromatic N) is 1. The fourth-order valence-electron chi connectivity index (χ4n) is 1.29. The Morgan fingerprint density at radius 1 is 1.36 bits per heavy atom. The van der Waals surface area contributed by atoms with Crippen LogP contribution in [0.4, 0.5) is 13.2 Å². The van der Waals surface area contributed by atoms with E-state index in [0.717, 1.165) is 0 Å². The van der Waals surface area contributed by atoms with Crippen molar-refractivity contribution in [3.8, 4) is 0 Å². The van der Waals surface area contributed by atoms with Gasteiger partial charge in [0.25, 0.3) is 0 Å². The molecule has 0 aliphatic carbocycles. The van der Waals surface area contributed by atoms with Crippen LogP contribution in [0.2, 0.25) is 0 Å². The molecule has 80 valence electrons. The average Bonchev–Trinajstić information content (AvgIpc) is 2.28. The highest BCUT2D eigenvalue weighted by atomic mass is 19.4. The molecule has 0 atom stereocenters. The maximum Gasteiger partial charge on any atom is 0.421 e. The van der Waals surface area contributed by atoms with Gasteiger partial charge in [-0.2, -0.15) is 13.2 Å². The zero-order chi connectivity index (χ0) is 10.9. The van der Waals surface area contributed by atoms with Crippen LogP contribution in [0.5, 0.6) is 0 Å². The summed E-state index contributed by atoms with van der Waals surface area (Å²) in [6.07, 6.45) is -4.11. The van der Waals surface area contributed by atoms with E-state index >= 15 is 0 Å². The highest BCUT2D eigenvalue weighted by molar-refractivity contribution is 5.25. The predicted octanol–water partition coefficient (Wildman–Crippen LogP) is 3.20. The molecule has 0 N–H and O–H groups in total. The molecule has 1 heterocycles. The third kappa shape index (κ3) is 2.27. The van der Waals surface area contributed by atoms with E-state index in [1.165, 1.54) is 6.92 Å². The molecule has 1 rings (SSSR count). The van der Waals surface area contributed by atoms with Gasteiger partial charge in [-0.15, -0.1) is 0 Å². The summed E-state index contributed by atoms with van der Waals surface area (Å²) in [5.41, 5.74) is -0.806. The lowest BCUT2D eigenvalue weighted by Crippen LogP contribution is -2.10. The Kier molecular flexibility index (Phi) is 2.87. The monoisotopic (exact) mass is 207 g/mol. The summed E-state index contributed by atoms with van der Waals surface area (Å²) in [5, 5.41) is 3.34. The Labute approximate surface area is 80.1 Å². The number of halogens is 3. The molecule has 14 heavy (non-hydrogen) atoms. The second-order valence-electron chi connectivity index (χ2n) is 3.66. The first-order chi connectivity index (χ1) is 6.32. The number of alkyl halides is 3. The molecule has 0 unspecified atom stereocenters. The molecule has 0 radical (unpaired) electrons. The standard InChI is InChI=1S/C9H12F3NO/c1-5(2)4-7-8(9(10,11)12)6(3)13-14-7/h5H,4H2,1-3H3. The van der Waals surface area contributed by atoms with Crippen molar-refractivity contribution in [2.45, 2.75) is 33.4 Å². The van der Waals surface area contributed by atoms with Crippen LogP contribution in [0.25, 0.3) is 0 Å². The summed E-state index contributed by atoms with van der Waals surface area (Å²) in [7, 11) is 0. The first kappa shape index (κ1) is 11.1. The van der Waals surface area contributed by atoms with Gasteiger partial charge in [-0.1, -0.05) is 19.0 Å². The smallest absolute Gasteiger partial charge is 0.360 e. The molecule has 1 aromatic rings.